The van der Waals surface area contributed by atoms with Gasteiger partial charge >= 0.3 is 5.97 Å². The minimum atomic E-state index is -2.30. The molecule has 2 saturated heterocycles. The van der Waals surface area contributed by atoms with E-state index in [4.69, 9.17) is 9.47 Å². The Morgan fingerprint density at radius 1 is 1.04 bits per heavy atom. The van der Waals surface area contributed by atoms with Crippen molar-refractivity contribution in [3.05, 3.63) is 71.5 Å². The van der Waals surface area contributed by atoms with Gasteiger partial charge in [-0.2, -0.15) is 5.43 Å². The van der Waals surface area contributed by atoms with Gasteiger partial charge in [-0.15, -0.1) is 0 Å². The van der Waals surface area contributed by atoms with E-state index < -0.39 is 64.3 Å². The number of benzene rings is 2. The van der Waals surface area contributed by atoms with E-state index in [2.05, 4.69) is 45.1 Å². The van der Waals surface area contributed by atoms with Crippen LogP contribution >= 0.6 is 0 Å². The number of aromatic nitrogens is 2. The van der Waals surface area contributed by atoms with Crippen LogP contribution in [0.2, 0.25) is 0 Å². The van der Waals surface area contributed by atoms with Crippen LogP contribution in [0, 0.1) is 23.2 Å². The highest BCUT2D eigenvalue weighted by molar-refractivity contribution is 5.98. The Kier molecular flexibility index (Phi) is 15.6. The summed E-state index contributed by atoms with van der Waals surface area (Å²) >= 11 is 0. The van der Waals surface area contributed by atoms with E-state index in [1.807, 2.05) is 58.4 Å². The number of carbonyl (C=O) groups is 5. The second-order valence-electron chi connectivity index (χ2n) is 20.6. The van der Waals surface area contributed by atoms with E-state index in [1.165, 1.54) is 18.0 Å². The number of rotatable bonds is 10. The SMILES string of the molecule is CCn1c(-c2cnccc2COC)c2c3cc(ccc31)-c1cc(O)cc(c1)C[C@H](NC(=O)[C@H](C(C)C)N(C)C(=O)C1(O)CCN(C(=O)C#CCN(C)C)C1)C(=O)N1CCC[C@@](O)(N1)C(=O)OCC(C)(C)C2. The average molecular weight is 977 g/mol. The molecule has 4 aromatic rings. The third-order valence-corrected chi connectivity index (χ3v) is 13.6. The number of hydrogen-bond acceptors (Lipinski definition) is 13. The molecule has 4 atom stereocenters. The van der Waals surface area contributed by atoms with Crippen LogP contribution in [0.1, 0.15) is 70.6 Å². The molecular formula is C53H68N8O10. The Labute approximate surface area is 415 Å². The van der Waals surface area contributed by atoms with Crippen LogP contribution in [-0.4, -0.2) is 159 Å². The number of methoxy groups -OCH3 is 1. The second kappa shape index (κ2) is 21.2. The fourth-order valence-corrected chi connectivity index (χ4v) is 10.1. The summed E-state index contributed by atoms with van der Waals surface area (Å²) in [4.78, 5) is 79.3. The Hall–Kier alpha value is -6.36. The molecule has 2 aromatic carbocycles. The minimum Gasteiger partial charge on any atom is -0.508 e. The number of pyridine rings is 1. The van der Waals surface area contributed by atoms with E-state index in [-0.39, 0.29) is 57.7 Å². The summed E-state index contributed by atoms with van der Waals surface area (Å²) < 4.78 is 13.8. The van der Waals surface area contributed by atoms with Crippen molar-refractivity contribution in [2.45, 2.75) is 103 Å². The van der Waals surface area contributed by atoms with Crippen molar-refractivity contribution in [3.63, 3.8) is 0 Å². The maximum Gasteiger partial charge on any atom is 0.355 e. The first-order valence-corrected chi connectivity index (χ1v) is 24.2. The molecule has 3 aliphatic heterocycles. The predicted octanol–water partition coefficient (Wildman–Crippen LogP) is 3.22. The quantitative estimate of drug-likeness (QED) is 0.114. The van der Waals surface area contributed by atoms with Gasteiger partial charge < -0.3 is 44.5 Å². The van der Waals surface area contributed by atoms with E-state index in [0.29, 0.717) is 37.2 Å². The minimum absolute atomic E-state index is 0.0603. The number of amides is 4. The van der Waals surface area contributed by atoms with Gasteiger partial charge in [0.2, 0.25) is 11.6 Å². The highest BCUT2D eigenvalue weighted by Crippen LogP contribution is 2.41. The molecule has 2 fully saturated rings. The highest BCUT2D eigenvalue weighted by Gasteiger charge is 2.49. The second-order valence-corrected chi connectivity index (χ2v) is 20.6. The number of likely N-dealkylation sites (tertiary alicyclic amines) is 1. The van der Waals surface area contributed by atoms with Crippen molar-refractivity contribution in [2.75, 3.05) is 61.0 Å². The van der Waals surface area contributed by atoms with Crippen LogP contribution < -0.4 is 10.7 Å². The van der Waals surface area contributed by atoms with E-state index in [1.54, 1.807) is 38.1 Å². The van der Waals surface area contributed by atoms with Crippen molar-refractivity contribution < 1.29 is 48.8 Å². The van der Waals surface area contributed by atoms with Gasteiger partial charge in [0.05, 0.1) is 32.0 Å². The number of hydrazine groups is 1. The molecule has 0 aliphatic carbocycles. The summed E-state index contributed by atoms with van der Waals surface area (Å²) in [6.07, 6.45) is 3.90. The number of phenols is 1. The molecule has 5 N–H and O–H groups in total. The molecule has 3 aliphatic rings. The number of nitrogens with zero attached hydrogens (tertiary/aromatic N) is 6. The number of nitrogens with one attached hydrogen (secondary N) is 2. The molecule has 5 heterocycles. The number of aromatic hydroxyl groups is 1. The molecule has 18 heteroatoms. The molecule has 0 spiro atoms. The number of β-amino-alcohol motifs (C(OH)–C–C–N with tert-alkyl or cyclic N) is 1. The predicted molar refractivity (Wildman–Crippen MR) is 266 cm³/mol. The fourth-order valence-electron chi connectivity index (χ4n) is 10.1. The number of esters is 1. The molecule has 6 bridgehead atoms. The molecule has 18 nitrogen and oxygen atoms in total. The Bertz CT molecular complexity index is 2760. The summed E-state index contributed by atoms with van der Waals surface area (Å²) in [5.74, 6) is 1.02. The summed E-state index contributed by atoms with van der Waals surface area (Å²) in [7, 11) is 6.67. The topological polar surface area (TPSA) is 219 Å². The molecule has 0 radical (unpaired) electrons. The van der Waals surface area contributed by atoms with Crippen LogP contribution in [0.4, 0.5) is 0 Å². The monoisotopic (exact) mass is 977 g/mol. The number of ether oxygens (including phenoxy) is 2. The third-order valence-electron chi connectivity index (χ3n) is 13.6. The average Bonchev–Trinajstić information content (AvgIpc) is 3.87. The molecule has 1 unspecified atom stereocenters. The maximum absolute atomic E-state index is 14.8. The maximum atomic E-state index is 14.8. The van der Waals surface area contributed by atoms with Crippen molar-refractivity contribution >= 4 is 40.5 Å². The smallest absolute Gasteiger partial charge is 0.355 e. The van der Waals surface area contributed by atoms with Crippen LogP contribution in [0.3, 0.4) is 0 Å². The number of carbonyl (C=O) groups excluding carboxylic acids is 5. The van der Waals surface area contributed by atoms with Gasteiger partial charge in [0.1, 0.15) is 17.8 Å². The summed E-state index contributed by atoms with van der Waals surface area (Å²) in [5.41, 5.74) is 4.31. The van der Waals surface area contributed by atoms with Gasteiger partial charge in [-0.3, -0.25) is 34.1 Å². The van der Waals surface area contributed by atoms with Crippen LogP contribution in [0.25, 0.3) is 33.3 Å². The standard InChI is InChI=1S/C53H68N8O10/c1-10-60-43-15-14-35-27-39(43)40(46(60)41-29-54-19-16-36(41)30-70-9)28-51(4,5)32-71-50(67)53(69)17-12-21-61(56-53)48(65)42(25-34-23-37(35)26-38(62)24-34)55-47(64)45(33(2)3)58(8)49(66)52(68)18-22-59(31-52)44(63)13-11-20-57(6)7/h14-16,19,23-24,26-27,29,33,42,45,56,62,68-69H,10,12,17-18,20-22,25,28,30-32H2,1-9H3,(H,55,64)/t42-,45-,52?,53-/m0/s1. The number of cyclic esters (lactones) is 1. The molecule has 2 aromatic heterocycles. The first-order chi connectivity index (χ1) is 33.6. The van der Waals surface area contributed by atoms with Crippen LogP contribution in [0.5, 0.6) is 5.75 Å². The lowest BCUT2D eigenvalue weighted by Crippen LogP contribution is -2.67. The third kappa shape index (κ3) is 11.2. The lowest BCUT2D eigenvalue weighted by atomic mass is 9.84. The normalized spacial score (nSPS) is 21.9. The number of fused-ring (bicyclic) bond motifs is 6. The molecule has 0 saturated carbocycles. The Morgan fingerprint density at radius 2 is 1.80 bits per heavy atom. The molecule has 380 valence electrons. The molecule has 7 rings (SSSR count). The van der Waals surface area contributed by atoms with Gasteiger partial charge in [0, 0.05) is 87.3 Å². The summed E-state index contributed by atoms with van der Waals surface area (Å²) in [5, 5.41) is 39.8. The number of aliphatic hydroxyl groups is 2. The van der Waals surface area contributed by atoms with Gasteiger partial charge in [-0.25, -0.2) is 4.79 Å². The van der Waals surface area contributed by atoms with E-state index in [9.17, 15) is 39.3 Å². The Balaban J connectivity index is 1.28. The van der Waals surface area contributed by atoms with Crippen molar-refractivity contribution in [2.24, 2.45) is 11.3 Å². The van der Waals surface area contributed by atoms with Crippen LogP contribution in [0.15, 0.2) is 54.9 Å². The van der Waals surface area contributed by atoms with E-state index in [0.717, 1.165) is 48.8 Å². The van der Waals surface area contributed by atoms with Crippen molar-refractivity contribution in [1.82, 2.24) is 40.0 Å². The largest absolute Gasteiger partial charge is 0.508 e. The summed E-state index contributed by atoms with van der Waals surface area (Å²) in [6.45, 7) is 10.5. The molecular weight excluding hydrogens is 909 g/mol. The zero-order valence-corrected chi connectivity index (χ0v) is 42.3. The lowest BCUT2D eigenvalue weighted by Gasteiger charge is -2.40. The van der Waals surface area contributed by atoms with E-state index >= 15 is 0 Å². The van der Waals surface area contributed by atoms with Gasteiger partial charge in [0.15, 0.2) is 5.60 Å². The first kappa shape index (κ1) is 52.5. The zero-order chi connectivity index (χ0) is 51.6. The first-order valence-electron chi connectivity index (χ1n) is 24.2. The van der Waals surface area contributed by atoms with Gasteiger partial charge in [-0.05, 0) is 104 Å². The summed E-state index contributed by atoms with van der Waals surface area (Å²) in [6, 6.07) is 10.4. The van der Waals surface area contributed by atoms with Crippen molar-refractivity contribution in [1.29, 1.82) is 0 Å². The molecule has 4 amide bonds. The van der Waals surface area contributed by atoms with Gasteiger partial charge in [-0.1, -0.05) is 45.7 Å². The number of phenolic OH excluding ortho intramolecular Hbond substituents is 1. The molecule has 71 heavy (non-hydrogen) atoms. The number of aryl methyl sites for hydroxylation is 1. The zero-order valence-electron chi connectivity index (χ0n) is 42.3. The fraction of sp³-hybridized carbons (Fsp3) is 0.509. The number of hydrogen-bond donors (Lipinski definition) is 5. The lowest BCUT2D eigenvalue weighted by molar-refractivity contribution is -0.189. The number of likely N-dealkylation sites (N-methyl/N-ethyl adjacent to an activating group) is 1. The Morgan fingerprint density at radius 3 is 2.51 bits per heavy atom. The van der Waals surface area contributed by atoms with Crippen molar-refractivity contribution in [3.8, 4) is 40.0 Å². The highest BCUT2D eigenvalue weighted by atomic mass is 16.6. The van der Waals surface area contributed by atoms with Crippen LogP contribution in [-0.2, 0) is 59.4 Å². The van der Waals surface area contributed by atoms with Gasteiger partial charge in [0.25, 0.3) is 17.7 Å².